The number of hydrogen-bond donors (Lipinski definition) is 0. The van der Waals surface area contributed by atoms with Crippen molar-refractivity contribution in [1.29, 1.82) is 0 Å². The number of nitrogens with zero attached hydrogens (tertiary/aromatic N) is 2. The molecule has 0 radical (unpaired) electrons. The predicted molar refractivity (Wildman–Crippen MR) is 83.7 cm³/mol. The molecule has 3 aromatic carbocycles. The van der Waals surface area contributed by atoms with E-state index in [0.29, 0.717) is 0 Å². The van der Waals surface area contributed by atoms with Gasteiger partial charge in [0.25, 0.3) is 0 Å². The quantitative estimate of drug-likeness (QED) is 0.495. The summed E-state index contributed by atoms with van der Waals surface area (Å²) in [7, 11) is 2.08. The molecule has 0 aliphatic heterocycles. The van der Waals surface area contributed by atoms with Gasteiger partial charge in [0, 0.05) is 12.6 Å². The lowest BCUT2D eigenvalue weighted by molar-refractivity contribution is 0.961. The van der Waals surface area contributed by atoms with E-state index in [9.17, 15) is 0 Å². The molecule has 0 saturated heterocycles. The number of hydrogen-bond acceptors (Lipinski definition) is 1. The van der Waals surface area contributed by atoms with E-state index in [1.54, 1.807) is 0 Å². The Morgan fingerprint density at radius 1 is 0.800 bits per heavy atom. The summed E-state index contributed by atoms with van der Waals surface area (Å²) < 4.78 is 2.16. The molecule has 96 valence electrons. The van der Waals surface area contributed by atoms with Crippen molar-refractivity contribution in [3.63, 3.8) is 0 Å². The molecule has 0 spiro atoms. The van der Waals surface area contributed by atoms with E-state index in [4.69, 9.17) is 4.98 Å². The second-order valence-electron chi connectivity index (χ2n) is 5.01. The number of aromatic nitrogens is 2. The first-order chi connectivity index (χ1) is 9.84. The van der Waals surface area contributed by atoms with Crippen LogP contribution in [0.25, 0.3) is 33.2 Å². The molecule has 4 rings (SSSR count). The van der Waals surface area contributed by atoms with Crippen molar-refractivity contribution in [2.24, 2.45) is 7.05 Å². The zero-order valence-corrected chi connectivity index (χ0v) is 11.2. The second-order valence-corrected chi connectivity index (χ2v) is 5.01. The SMILES string of the molecule is Cn1c(-c2cccc3ccccc23)nc2ccccc21. The van der Waals surface area contributed by atoms with Gasteiger partial charge in [-0.25, -0.2) is 4.98 Å². The molecule has 0 unspecified atom stereocenters. The van der Waals surface area contributed by atoms with Crippen molar-refractivity contribution < 1.29 is 0 Å². The average molecular weight is 258 g/mol. The summed E-state index contributed by atoms with van der Waals surface area (Å²) in [5.41, 5.74) is 3.38. The minimum absolute atomic E-state index is 1.02. The van der Waals surface area contributed by atoms with Crippen LogP contribution in [0, 0.1) is 0 Å². The van der Waals surface area contributed by atoms with Gasteiger partial charge in [-0.3, -0.25) is 0 Å². The van der Waals surface area contributed by atoms with Gasteiger partial charge in [-0.2, -0.15) is 0 Å². The van der Waals surface area contributed by atoms with E-state index in [1.165, 1.54) is 16.3 Å². The Morgan fingerprint density at radius 3 is 2.45 bits per heavy atom. The van der Waals surface area contributed by atoms with E-state index in [-0.39, 0.29) is 0 Å². The summed E-state index contributed by atoms with van der Waals surface area (Å²) >= 11 is 0. The molecule has 2 nitrogen and oxygen atoms in total. The minimum Gasteiger partial charge on any atom is -0.327 e. The maximum atomic E-state index is 4.80. The van der Waals surface area contributed by atoms with E-state index in [1.807, 2.05) is 6.07 Å². The predicted octanol–water partition coefficient (Wildman–Crippen LogP) is 4.39. The Balaban J connectivity index is 2.09. The van der Waals surface area contributed by atoms with Gasteiger partial charge in [-0.1, -0.05) is 54.6 Å². The minimum atomic E-state index is 1.02. The molecule has 1 aromatic heterocycles. The molecule has 4 aromatic rings. The molecule has 0 fully saturated rings. The molecule has 0 N–H and O–H groups in total. The lowest BCUT2D eigenvalue weighted by Crippen LogP contribution is -1.93. The fraction of sp³-hybridized carbons (Fsp3) is 0.0556. The van der Waals surface area contributed by atoms with Gasteiger partial charge >= 0.3 is 0 Å². The molecule has 20 heavy (non-hydrogen) atoms. The topological polar surface area (TPSA) is 17.8 Å². The molecule has 0 aliphatic rings. The number of aryl methyl sites for hydroxylation is 1. The molecule has 2 heteroatoms. The van der Waals surface area contributed by atoms with Crippen LogP contribution in [-0.4, -0.2) is 9.55 Å². The van der Waals surface area contributed by atoms with Crippen molar-refractivity contribution in [2.75, 3.05) is 0 Å². The van der Waals surface area contributed by atoms with Gasteiger partial charge in [0.2, 0.25) is 0 Å². The molecule has 0 bridgehead atoms. The highest BCUT2D eigenvalue weighted by Crippen LogP contribution is 2.29. The molecule has 0 saturated carbocycles. The van der Waals surface area contributed by atoms with Crippen molar-refractivity contribution in [3.05, 3.63) is 66.7 Å². The van der Waals surface area contributed by atoms with E-state index >= 15 is 0 Å². The van der Waals surface area contributed by atoms with E-state index < -0.39 is 0 Å². The average Bonchev–Trinajstić information content (AvgIpc) is 2.84. The molecule has 1 heterocycles. The summed E-state index contributed by atoms with van der Waals surface area (Å²) in [5, 5.41) is 2.49. The molecule has 0 aliphatic carbocycles. The largest absolute Gasteiger partial charge is 0.327 e. The fourth-order valence-corrected chi connectivity index (χ4v) is 2.81. The summed E-state index contributed by atoms with van der Waals surface area (Å²) in [4.78, 5) is 4.80. The van der Waals surface area contributed by atoms with Crippen LogP contribution in [0.3, 0.4) is 0 Å². The first kappa shape index (κ1) is 11.2. The fourth-order valence-electron chi connectivity index (χ4n) is 2.81. The number of para-hydroxylation sites is 2. The highest BCUT2D eigenvalue weighted by Gasteiger charge is 2.11. The first-order valence-corrected chi connectivity index (χ1v) is 6.74. The van der Waals surface area contributed by atoms with Crippen LogP contribution in [0.1, 0.15) is 0 Å². The van der Waals surface area contributed by atoms with Crippen molar-refractivity contribution in [2.45, 2.75) is 0 Å². The van der Waals surface area contributed by atoms with Crippen LogP contribution in [0.4, 0.5) is 0 Å². The van der Waals surface area contributed by atoms with Crippen LogP contribution in [-0.2, 0) is 7.05 Å². The standard InChI is InChI=1S/C18H14N2/c1-20-17-12-5-4-11-16(17)19-18(20)15-10-6-8-13-7-2-3-9-14(13)15/h2-12H,1H3. The summed E-state index contributed by atoms with van der Waals surface area (Å²) in [6, 6.07) is 23.1. The van der Waals surface area contributed by atoms with Crippen LogP contribution in [0.2, 0.25) is 0 Å². The number of fused-ring (bicyclic) bond motifs is 2. The van der Waals surface area contributed by atoms with Crippen LogP contribution < -0.4 is 0 Å². The van der Waals surface area contributed by atoms with E-state index in [0.717, 1.165) is 16.9 Å². The molecule has 0 amide bonds. The summed E-state index contributed by atoms with van der Waals surface area (Å²) in [6.45, 7) is 0. The third-order valence-electron chi connectivity index (χ3n) is 3.82. The number of benzene rings is 3. The monoisotopic (exact) mass is 258 g/mol. The number of rotatable bonds is 1. The maximum Gasteiger partial charge on any atom is 0.141 e. The van der Waals surface area contributed by atoms with Crippen molar-refractivity contribution in [1.82, 2.24) is 9.55 Å². The third-order valence-corrected chi connectivity index (χ3v) is 3.82. The molecule has 0 atom stereocenters. The number of imidazole rings is 1. The molecular weight excluding hydrogens is 244 g/mol. The Kier molecular flexibility index (Phi) is 2.36. The van der Waals surface area contributed by atoms with Gasteiger partial charge in [-0.05, 0) is 22.9 Å². The van der Waals surface area contributed by atoms with Gasteiger partial charge in [0.05, 0.1) is 11.0 Å². The lowest BCUT2D eigenvalue weighted by atomic mass is 10.0. The zero-order chi connectivity index (χ0) is 13.5. The third kappa shape index (κ3) is 1.55. The molecular formula is C18H14N2. The van der Waals surface area contributed by atoms with Gasteiger partial charge in [0.1, 0.15) is 5.82 Å². The van der Waals surface area contributed by atoms with Crippen LogP contribution >= 0.6 is 0 Å². The zero-order valence-electron chi connectivity index (χ0n) is 11.2. The Bertz CT molecular complexity index is 914. The van der Waals surface area contributed by atoms with Crippen LogP contribution in [0.5, 0.6) is 0 Å². The lowest BCUT2D eigenvalue weighted by Gasteiger charge is -2.06. The Morgan fingerprint density at radius 2 is 1.55 bits per heavy atom. The Labute approximate surface area is 117 Å². The van der Waals surface area contributed by atoms with Crippen molar-refractivity contribution >= 4 is 21.8 Å². The first-order valence-electron chi connectivity index (χ1n) is 6.74. The van der Waals surface area contributed by atoms with Crippen LogP contribution in [0.15, 0.2) is 66.7 Å². The van der Waals surface area contributed by atoms with E-state index in [2.05, 4.69) is 72.3 Å². The van der Waals surface area contributed by atoms with Gasteiger partial charge < -0.3 is 4.57 Å². The highest BCUT2D eigenvalue weighted by atomic mass is 15.1. The van der Waals surface area contributed by atoms with Gasteiger partial charge in [-0.15, -0.1) is 0 Å². The smallest absolute Gasteiger partial charge is 0.141 e. The summed E-state index contributed by atoms with van der Waals surface area (Å²) in [6.07, 6.45) is 0. The maximum absolute atomic E-state index is 4.80. The Hall–Kier alpha value is -2.61. The second kappa shape index (κ2) is 4.20. The van der Waals surface area contributed by atoms with Gasteiger partial charge in [0.15, 0.2) is 0 Å². The normalized spacial score (nSPS) is 11.2. The highest BCUT2D eigenvalue weighted by molar-refractivity contribution is 5.96. The summed E-state index contributed by atoms with van der Waals surface area (Å²) in [5.74, 6) is 1.02. The van der Waals surface area contributed by atoms with Crippen molar-refractivity contribution in [3.8, 4) is 11.4 Å².